The number of aromatic nitrogens is 2. The largest absolute Gasteiger partial charge is 0.481 e. The Kier molecular flexibility index (Phi) is 6.34. The number of hydrogen-bond acceptors (Lipinski definition) is 7. The molecule has 3 aromatic rings. The molecule has 0 aliphatic carbocycles. The number of rotatable bonds is 6. The molecule has 0 atom stereocenters. The molecule has 1 N–H and O–H groups in total. The minimum absolute atomic E-state index is 0.0840. The lowest BCUT2D eigenvalue weighted by molar-refractivity contribution is -0.135. The molecule has 1 fully saturated rings. The van der Waals surface area contributed by atoms with Gasteiger partial charge in [-0.1, -0.05) is 16.8 Å². The number of nitrogens with zero attached hydrogens (tertiary/aromatic N) is 4. The first-order chi connectivity index (χ1) is 15.0. The van der Waals surface area contributed by atoms with Crippen molar-refractivity contribution in [3.05, 3.63) is 47.3 Å². The summed E-state index contributed by atoms with van der Waals surface area (Å²) >= 11 is 6.20. The first-order valence-electron chi connectivity index (χ1n) is 9.89. The van der Waals surface area contributed by atoms with E-state index in [9.17, 15) is 9.59 Å². The maximum Gasteiger partial charge on any atom is 0.260 e. The van der Waals surface area contributed by atoms with Crippen LogP contribution in [-0.4, -0.2) is 71.1 Å². The molecular weight excluding hydrogens is 422 g/mol. The van der Waals surface area contributed by atoms with Crippen LogP contribution in [0.3, 0.4) is 0 Å². The van der Waals surface area contributed by atoms with Gasteiger partial charge in [-0.2, -0.15) is 0 Å². The molecular formula is C21H22ClN5O4. The molecule has 9 nitrogen and oxygen atoms in total. The van der Waals surface area contributed by atoms with Crippen molar-refractivity contribution in [1.82, 2.24) is 19.9 Å². The Balaban J connectivity index is 1.25. The number of halogens is 1. The molecule has 162 valence electrons. The van der Waals surface area contributed by atoms with Crippen LogP contribution in [0.5, 0.6) is 5.75 Å². The smallest absolute Gasteiger partial charge is 0.260 e. The molecule has 1 saturated heterocycles. The van der Waals surface area contributed by atoms with Crippen LogP contribution in [0.2, 0.25) is 5.02 Å². The number of fused-ring (bicyclic) bond motifs is 1. The summed E-state index contributed by atoms with van der Waals surface area (Å²) in [6.07, 6.45) is 1.66. The van der Waals surface area contributed by atoms with Gasteiger partial charge in [-0.15, -0.1) is 0 Å². The summed E-state index contributed by atoms with van der Waals surface area (Å²) in [7, 11) is 0. The van der Waals surface area contributed by atoms with E-state index in [1.807, 2.05) is 11.0 Å². The maximum absolute atomic E-state index is 12.6. The molecule has 10 heteroatoms. The van der Waals surface area contributed by atoms with Gasteiger partial charge in [-0.3, -0.25) is 19.5 Å². The average Bonchev–Trinajstić information content (AvgIpc) is 3.18. The fraction of sp³-hybridized carbons (Fsp3) is 0.333. The van der Waals surface area contributed by atoms with Crippen LogP contribution in [0.1, 0.15) is 5.76 Å². The third-order valence-corrected chi connectivity index (χ3v) is 5.35. The van der Waals surface area contributed by atoms with Gasteiger partial charge < -0.3 is 19.5 Å². The van der Waals surface area contributed by atoms with Crippen LogP contribution in [0, 0.1) is 6.92 Å². The lowest BCUT2D eigenvalue weighted by Crippen LogP contribution is -2.51. The van der Waals surface area contributed by atoms with E-state index in [-0.39, 0.29) is 25.0 Å². The minimum atomic E-state index is -0.168. The number of carbonyl (C=O) groups excluding carboxylic acids is 2. The number of piperazine rings is 1. The number of nitrogens with one attached hydrogen (secondary N) is 1. The standard InChI is InChI=1S/C21H22ClN5O4/c1-14-11-18(25-31-14)24-19(28)12-26-7-9-27(10-8-26)20(29)13-30-17-5-4-16(22)15-3-2-6-23-21(15)17/h2-6,11H,7-10,12-13H2,1H3,(H,24,25,28). The third-order valence-electron chi connectivity index (χ3n) is 5.02. The van der Waals surface area contributed by atoms with Crippen LogP contribution in [0.15, 0.2) is 41.1 Å². The van der Waals surface area contributed by atoms with E-state index in [1.54, 1.807) is 42.3 Å². The molecule has 1 aromatic carbocycles. The summed E-state index contributed by atoms with van der Waals surface area (Å²) in [4.78, 5) is 32.8. The van der Waals surface area contributed by atoms with Crippen molar-refractivity contribution in [3.63, 3.8) is 0 Å². The second-order valence-corrected chi connectivity index (χ2v) is 7.67. The van der Waals surface area contributed by atoms with Gasteiger partial charge in [-0.25, -0.2) is 0 Å². The quantitative estimate of drug-likeness (QED) is 0.624. The highest BCUT2D eigenvalue weighted by Crippen LogP contribution is 2.29. The maximum atomic E-state index is 12.6. The molecule has 0 bridgehead atoms. The first kappa shape index (κ1) is 21.1. The lowest BCUT2D eigenvalue weighted by atomic mass is 10.2. The van der Waals surface area contributed by atoms with Gasteiger partial charge >= 0.3 is 0 Å². The molecule has 0 spiro atoms. The number of benzene rings is 1. The van der Waals surface area contributed by atoms with E-state index in [4.69, 9.17) is 20.9 Å². The Hall–Kier alpha value is -3.17. The van der Waals surface area contributed by atoms with Crippen molar-refractivity contribution in [2.45, 2.75) is 6.92 Å². The number of hydrogen-bond donors (Lipinski definition) is 1. The molecule has 3 heterocycles. The van der Waals surface area contributed by atoms with E-state index < -0.39 is 0 Å². The summed E-state index contributed by atoms with van der Waals surface area (Å²) in [5.74, 6) is 1.27. The van der Waals surface area contributed by atoms with Crippen molar-refractivity contribution < 1.29 is 18.8 Å². The zero-order chi connectivity index (χ0) is 21.8. The number of carbonyl (C=O) groups is 2. The van der Waals surface area contributed by atoms with Crippen molar-refractivity contribution in [3.8, 4) is 5.75 Å². The Morgan fingerprint density at radius 2 is 2.03 bits per heavy atom. The van der Waals surface area contributed by atoms with Gasteiger partial charge in [0.05, 0.1) is 11.6 Å². The summed E-state index contributed by atoms with van der Waals surface area (Å²) in [5, 5.41) is 7.81. The van der Waals surface area contributed by atoms with E-state index in [1.165, 1.54) is 0 Å². The Labute approximate surface area is 183 Å². The van der Waals surface area contributed by atoms with Gasteiger partial charge in [0.25, 0.3) is 5.91 Å². The highest BCUT2D eigenvalue weighted by Gasteiger charge is 2.23. The van der Waals surface area contributed by atoms with E-state index in [2.05, 4.69) is 15.5 Å². The second-order valence-electron chi connectivity index (χ2n) is 7.26. The molecule has 1 aliphatic heterocycles. The molecule has 31 heavy (non-hydrogen) atoms. The summed E-state index contributed by atoms with van der Waals surface area (Å²) < 4.78 is 10.7. The van der Waals surface area contributed by atoms with Crippen LogP contribution in [0.4, 0.5) is 5.82 Å². The topological polar surface area (TPSA) is 101 Å². The third kappa shape index (κ3) is 5.12. The van der Waals surface area contributed by atoms with Gasteiger partial charge in [0, 0.05) is 43.8 Å². The predicted molar refractivity (Wildman–Crippen MR) is 115 cm³/mol. The zero-order valence-electron chi connectivity index (χ0n) is 17.0. The molecule has 4 rings (SSSR count). The fourth-order valence-electron chi connectivity index (χ4n) is 3.43. The molecule has 2 amide bonds. The van der Waals surface area contributed by atoms with Crippen molar-refractivity contribution in [1.29, 1.82) is 0 Å². The Bertz CT molecular complexity index is 1090. The summed E-state index contributed by atoms with van der Waals surface area (Å²) in [6, 6.07) is 8.77. The number of aryl methyl sites for hydroxylation is 1. The van der Waals surface area contributed by atoms with Crippen LogP contribution >= 0.6 is 11.6 Å². The second kappa shape index (κ2) is 9.32. The van der Waals surface area contributed by atoms with E-state index >= 15 is 0 Å². The van der Waals surface area contributed by atoms with E-state index in [0.717, 1.165) is 5.39 Å². The summed E-state index contributed by atoms with van der Waals surface area (Å²) in [6.45, 7) is 4.15. The highest BCUT2D eigenvalue weighted by atomic mass is 35.5. The minimum Gasteiger partial charge on any atom is -0.481 e. The highest BCUT2D eigenvalue weighted by molar-refractivity contribution is 6.35. The normalized spacial score (nSPS) is 14.6. The Morgan fingerprint density at radius 3 is 2.77 bits per heavy atom. The molecule has 0 unspecified atom stereocenters. The van der Waals surface area contributed by atoms with Crippen molar-refractivity contribution in [2.75, 3.05) is 44.6 Å². The fourth-order valence-corrected chi connectivity index (χ4v) is 3.64. The first-order valence-corrected chi connectivity index (χ1v) is 10.3. The number of anilines is 1. The molecule has 0 saturated carbocycles. The number of amides is 2. The monoisotopic (exact) mass is 443 g/mol. The van der Waals surface area contributed by atoms with Crippen LogP contribution in [-0.2, 0) is 9.59 Å². The lowest BCUT2D eigenvalue weighted by Gasteiger charge is -2.34. The zero-order valence-corrected chi connectivity index (χ0v) is 17.8. The van der Waals surface area contributed by atoms with Crippen LogP contribution < -0.4 is 10.1 Å². The van der Waals surface area contributed by atoms with Crippen molar-refractivity contribution >= 4 is 40.1 Å². The Morgan fingerprint density at radius 1 is 1.23 bits per heavy atom. The number of ether oxygens (including phenoxy) is 1. The van der Waals surface area contributed by atoms with Gasteiger partial charge in [0.2, 0.25) is 5.91 Å². The molecule has 0 radical (unpaired) electrons. The van der Waals surface area contributed by atoms with Gasteiger partial charge in [-0.05, 0) is 31.2 Å². The molecule has 2 aromatic heterocycles. The average molecular weight is 444 g/mol. The van der Waals surface area contributed by atoms with Crippen molar-refractivity contribution in [2.24, 2.45) is 0 Å². The van der Waals surface area contributed by atoms with Gasteiger partial charge in [0.1, 0.15) is 17.0 Å². The SMILES string of the molecule is Cc1cc(NC(=O)CN2CCN(C(=O)COc3ccc(Cl)c4cccnc34)CC2)no1. The van der Waals surface area contributed by atoms with Crippen LogP contribution in [0.25, 0.3) is 10.9 Å². The van der Waals surface area contributed by atoms with E-state index in [0.29, 0.717) is 54.0 Å². The predicted octanol–water partition coefficient (Wildman–Crippen LogP) is 2.35. The summed E-state index contributed by atoms with van der Waals surface area (Å²) in [5.41, 5.74) is 0.626. The van der Waals surface area contributed by atoms with Gasteiger partial charge in [0.15, 0.2) is 12.4 Å². The molecule has 1 aliphatic rings. The number of pyridine rings is 1.